The molecular formula is C26H37N3O4. The van der Waals surface area contributed by atoms with E-state index in [0.717, 1.165) is 50.4 Å². The lowest BCUT2D eigenvalue weighted by atomic mass is 10.1. The molecule has 0 atom stereocenters. The third-order valence-electron chi connectivity index (χ3n) is 6.20. The standard InChI is InChI=1S/C26H37N3O4/c1-5-28-12-14-29(15-13-28)19-21-8-6-20(7-9-21)18-27-25(30)11-10-22-16-23(31-2)26(33-4)24(17-22)32-3/h6-9,16-17H,5,10-15,18-19H2,1-4H3,(H,27,30). The topological polar surface area (TPSA) is 63.3 Å². The number of likely N-dealkylation sites (N-methyl/N-ethyl adjacent to an activating group) is 1. The van der Waals surface area contributed by atoms with Crippen LogP contribution in [0.3, 0.4) is 0 Å². The molecule has 180 valence electrons. The summed E-state index contributed by atoms with van der Waals surface area (Å²) in [5.41, 5.74) is 3.39. The summed E-state index contributed by atoms with van der Waals surface area (Å²) in [5, 5.41) is 3.02. The third-order valence-corrected chi connectivity index (χ3v) is 6.20. The molecule has 2 aromatic rings. The van der Waals surface area contributed by atoms with Crippen molar-refractivity contribution in [1.82, 2.24) is 15.1 Å². The summed E-state index contributed by atoms with van der Waals surface area (Å²) < 4.78 is 16.1. The highest BCUT2D eigenvalue weighted by Gasteiger charge is 2.16. The van der Waals surface area contributed by atoms with E-state index >= 15 is 0 Å². The summed E-state index contributed by atoms with van der Waals surface area (Å²) >= 11 is 0. The van der Waals surface area contributed by atoms with Gasteiger partial charge in [0.2, 0.25) is 11.7 Å². The quantitative estimate of drug-likeness (QED) is 0.562. The van der Waals surface area contributed by atoms with Gasteiger partial charge in [0, 0.05) is 45.7 Å². The van der Waals surface area contributed by atoms with Crippen molar-refractivity contribution in [2.45, 2.75) is 32.9 Å². The highest BCUT2D eigenvalue weighted by molar-refractivity contribution is 5.76. The van der Waals surface area contributed by atoms with Gasteiger partial charge in [0.25, 0.3) is 0 Å². The van der Waals surface area contributed by atoms with Gasteiger partial charge >= 0.3 is 0 Å². The molecule has 0 aliphatic carbocycles. The number of methoxy groups -OCH3 is 3. The summed E-state index contributed by atoms with van der Waals surface area (Å²) in [7, 11) is 4.75. The van der Waals surface area contributed by atoms with Crippen LogP contribution in [0.2, 0.25) is 0 Å². The van der Waals surface area contributed by atoms with Gasteiger partial charge < -0.3 is 24.4 Å². The molecule has 3 rings (SSSR count). The molecule has 0 saturated carbocycles. The van der Waals surface area contributed by atoms with Crippen molar-refractivity contribution in [1.29, 1.82) is 0 Å². The number of piperazine rings is 1. The van der Waals surface area contributed by atoms with Crippen LogP contribution in [0.5, 0.6) is 17.2 Å². The van der Waals surface area contributed by atoms with Crippen molar-refractivity contribution < 1.29 is 19.0 Å². The van der Waals surface area contributed by atoms with E-state index in [2.05, 4.69) is 46.3 Å². The lowest BCUT2D eigenvalue weighted by Gasteiger charge is -2.34. The zero-order valence-electron chi connectivity index (χ0n) is 20.4. The lowest BCUT2D eigenvalue weighted by molar-refractivity contribution is -0.121. The van der Waals surface area contributed by atoms with Gasteiger partial charge in [-0.3, -0.25) is 9.69 Å². The van der Waals surface area contributed by atoms with E-state index in [1.54, 1.807) is 21.3 Å². The number of ether oxygens (including phenoxy) is 3. The highest BCUT2D eigenvalue weighted by Crippen LogP contribution is 2.38. The van der Waals surface area contributed by atoms with Crippen LogP contribution in [0.15, 0.2) is 36.4 Å². The van der Waals surface area contributed by atoms with Crippen LogP contribution in [0.1, 0.15) is 30.0 Å². The summed E-state index contributed by atoms with van der Waals surface area (Å²) in [5.74, 6) is 1.76. The van der Waals surface area contributed by atoms with Crippen molar-refractivity contribution in [2.24, 2.45) is 0 Å². The second-order valence-corrected chi connectivity index (χ2v) is 8.34. The Morgan fingerprint density at radius 2 is 1.42 bits per heavy atom. The average Bonchev–Trinajstić information content (AvgIpc) is 2.86. The van der Waals surface area contributed by atoms with E-state index in [1.165, 1.54) is 5.56 Å². The van der Waals surface area contributed by atoms with Crippen LogP contribution >= 0.6 is 0 Å². The second kappa shape index (κ2) is 12.5. The van der Waals surface area contributed by atoms with E-state index in [9.17, 15) is 4.79 Å². The molecule has 0 aromatic heterocycles. The number of nitrogens with one attached hydrogen (secondary N) is 1. The van der Waals surface area contributed by atoms with Gasteiger partial charge in [-0.05, 0) is 41.8 Å². The molecule has 1 saturated heterocycles. The number of hydrogen-bond acceptors (Lipinski definition) is 6. The SMILES string of the molecule is CCN1CCN(Cc2ccc(CNC(=O)CCc3cc(OC)c(OC)c(OC)c3)cc2)CC1. The molecule has 1 heterocycles. The number of benzene rings is 2. The van der Waals surface area contributed by atoms with Crippen molar-refractivity contribution in [3.05, 3.63) is 53.1 Å². The fourth-order valence-electron chi connectivity index (χ4n) is 4.11. The Labute approximate surface area is 197 Å². The van der Waals surface area contributed by atoms with E-state index < -0.39 is 0 Å². The maximum Gasteiger partial charge on any atom is 0.220 e. The Bertz CT molecular complexity index is 868. The molecule has 7 nitrogen and oxygen atoms in total. The predicted molar refractivity (Wildman–Crippen MR) is 130 cm³/mol. The second-order valence-electron chi connectivity index (χ2n) is 8.34. The van der Waals surface area contributed by atoms with Gasteiger partial charge in [-0.25, -0.2) is 0 Å². The molecule has 0 bridgehead atoms. The molecule has 1 aliphatic rings. The van der Waals surface area contributed by atoms with E-state index in [-0.39, 0.29) is 5.91 Å². The molecule has 1 aliphatic heterocycles. The van der Waals surface area contributed by atoms with Crippen LogP contribution in [-0.4, -0.2) is 69.8 Å². The predicted octanol–water partition coefficient (Wildman–Crippen LogP) is 3.10. The Morgan fingerprint density at radius 3 is 1.97 bits per heavy atom. The molecule has 0 unspecified atom stereocenters. The number of amides is 1. The molecule has 1 amide bonds. The Morgan fingerprint density at radius 1 is 0.848 bits per heavy atom. The van der Waals surface area contributed by atoms with E-state index in [0.29, 0.717) is 36.6 Å². The summed E-state index contributed by atoms with van der Waals surface area (Å²) in [6.07, 6.45) is 0.979. The number of aryl methyl sites for hydroxylation is 1. The monoisotopic (exact) mass is 455 g/mol. The van der Waals surface area contributed by atoms with Crippen LogP contribution in [0.25, 0.3) is 0 Å². The number of nitrogens with zero attached hydrogens (tertiary/aromatic N) is 2. The van der Waals surface area contributed by atoms with E-state index in [1.807, 2.05) is 12.1 Å². The van der Waals surface area contributed by atoms with Gasteiger partial charge in [-0.15, -0.1) is 0 Å². The Kier molecular flexibility index (Phi) is 9.39. The minimum Gasteiger partial charge on any atom is -0.493 e. The van der Waals surface area contributed by atoms with Gasteiger partial charge in [0.05, 0.1) is 21.3 Å². The van der Waals surface area contributed by atoms with Crippen LogP contribution < -0.4 is 19.5 Å². The van der Waals surface area contributed by atoms with Crippen molar-refractivity contribution in [3.63, 3.8) is 0 Å². The summed E-state index contributed by atoms with van der Waals surface area (Å²) in [6.45, 7) is 9.42. The lowest BCUT2D eigenvalue weighted by Crippen LogP contribution is -2.45. The van der Waals surface area contributed by atoms with Gasteiger partial charge in [-0.1, -0.05) is 31.2 Å². The molecule has 7 heteroatoms. The first kappa shape index (κ1) is 24.9. The summed E-state index contributed by atoms with van der Waals surface area (Å²) in [6, 6.07) is 12.3. The maximum atomic E-state index is 12.4. The van der Waals surface area contributed by atoms with Crippen molar-refractivity contribution in [2.75, 3.05) is 54.1 Å². The molecule has 0 radical (unpaired) electrons. The van der Waals surface area contributed by atoms with Gasteiger partial charge in [0.1, 0.15) is 0 Å². The minimum atomic E-state index is 0.0154. The molecular weight excluding hydrogens is 418 g/mol. The Hall–Kier alpha value is -2.77. The minimum absolute atomic E-state index is 0.0154. The zero-order valence-corrected chi connectivity index (χ0v) is 20.4. The fraction of sp³-hybridized carbons (Fsp3) is 0.500. The maximum absolute atomic E-state index is 12.4. The number of carbonyl (C=O) groups excluding carboxylic acids is 1. The van der Waals surface area contributed by atoms with Crippen LogP contribution in [0, 0.1) is 0 Å². The molecule has 0 spiro atoms. The smallest absolute Gasteiger partial charge is 0.220 e. The molecule has 1 N–H and O–H groups in total. The molecule has 2 aromatic carbocycles. The highest BCUT2D eigenvalue weighted by atomic mass is 16.5. The van der Waals surface area contributed by atoms with Crippen molar-refractivity contribution in [3.8, 4) is 17.2 Å². The van der Waals surface area contributed by atoms with E-state index in [4.69, 9.17) is 14.2 Å². The average molecular weight is 456 g/mol. The number of rotatable bonds is 11. The van der Waals surface area contributed by atoms with Crippen LogP contribution in [0.4, 0.5) is 0 Å². The van der Waals surface area contributed by atoms with Gasteiger partial charge in [0.15, 0.2) is 11.5 Å². The first-order valence-corrected chi connectivity index (χ1v) is 11.6. The van der Waals surface area contributed by atoms with Crippen LogP contribution in [-0.2, 0) is 24.3 Å². The largest absolute Gasteiger partial charge is 0.493 e. The molecule has 1 fully saturated rings. The third kappa shape index (κ3) is 7.11. The first-order chi connectivity index (χ1) is 16.1. The Balaban J connectivity index is 1.44. The zero-order chi connectivity index (χ0) is 23.6. The normalized spacial score (nSPS) is 14.7. The first-order valence-electron chi connectivity index (χ1n) is 11.6. The number of carbonyl (C=O) groups is 1. The summed E-state index contributed by atoms with van der Waals surface area (Å²) in [4.78, 5) is 17.4. The fourth-order valence-corrected chi connectivity index (χ4v) is 4.11. The number of hydrogen-bond donors (Lipinski definition) is 1. The molecule has 33 heavy (non-hydrogen) atoms. The van der Waals surface area contributed by atoms with Crippen molar-refractivity contribution >= 4 is 5.91 Å². The van der Waals surface area contributed by atoms with Gasteiger partial charge in [-0.2, -0.15) is 0 Å².